The van der Waals surface area contributed by atoms with Crippen molar-refractivity contribution in [2.24, 2.45) is 0 Å². The van der Waals surface area contributed by atoms with Crippen LogP contribution in [0.1, 0.15) is 19.8 Å². The lowest BCUT2D eigenvalue weighted by atomic mass is 10.1. The standard InChI is InChI=1S/C19H21N3OS2/c1-3-4-12-21-17-10-6-5-8-15(17)16-9-7-11-18(19(16)21)22(13-23)20(2)25-14-24/h5-11,13-14H,3-4,12H2,1-2H3. The molecule has 6 heteroatoms. The lowest BCUT2D eigenvalue weighted by Crippen LogP contribution is -2.34. The zero-order valence-electron chi connectivity index (χ0n) is 14.4. The average Bonchev–Trinajstić information content (AvgIpc) is 2.95. The van der Waals surface area contributed by atoms with Crippen molar-refractivity contribution in [1.29, 1.82) is 0 Å². The van der Waals surface area contributed by atoms with Crippen molar-refractivity contribution >= 4 is 62.8 Å². The molecule has 0 aliphatic carbocycles. The molecule has 0 spiro atoms. The van der Waals surface area contributed by atoms with Gasteiger partial charge in [-0.15, -0.1) is 0 Å². The number of anilines is 1. The number of benzene rings is 2. The molecule has 0 bridgehead atoms. The molecule has 0 unspecified atom stereocenters. The maximum atomic E-state index is 11.8. The largest absolute Gasteiger partial charge is 0.339 e. The second-order valence-corrected chi connectivity index (χ2v) is 7.32. The summed E-state index contributed by atoms with van der Waals surface area (Å²) in [5, 5.41) is 3.99. The van der Waals surface area contributed by atoms with Gasteiger partial charge >= 0.3 is 0 Å². The van der Waals surface area contributed by atoms with Crippen molar-refractivity contribution in [2.75, 3.05) is 12.1 Å². The number of hydrogen-bond acceptors (Lipinski definition) is 4. The number of aryl methyl sites for hydroxylation is 1. The van der Waals surface area contributed by atoms with Gasteiger partial charge in [0.15, 0.2) is 0 Å². The molecule has 0 aliphatic heterocycles. The van der Waals surface area contributed by atoms with Crippen molar-refractivity contribution in [3.63, 3.8) is 0 Å². The number of hydrogen-bond donors (Lipinski definition) is 0. The molecule has 1 amide bonds. The van der Waals surface area contributed by atoms with Crippen LogP contribution in [0.2, 0.25) is 0 Å². The van der Waals surface area contributed by atoms with E-state index in [1.165, 1.54) is 22.9 Å². The predicted molar refractivity (Wildman–Crippen MR) is 112 cm³/mol. The molecule has 3 aromatic rings. The van der Waals surface area contributed by atoms with Crippen molar-refractivity contribution in [1.82, 2.24) is 8.98 Å². The first-order chi connectivity index (χ1) is 12.2. The van der Waals surface area contributed by atoms with Gasteiger partial charge in [0.2, 0.25) is 6.41 Å². The van der Waals surface area contributed by atoms with Gasteiger partial charge in [0.25, 0.3) is 0 Å². The Bertz CT molecular complexity index is 906. The summed E-state index contributed by atoms with van der Waals surface area (Å²) in [7, 11) is 1.83. The summed E-state index contributed by atoms with van der Waals surface area (Å²) in [6.07, 6.45) is 3.05. The molecule has 25 heavy (non-hydrogen) atoms. The van der Waals surface area contributed by atoms with Gasteiger partial charge in [-0.1, -0.05) is 55.9 Å². The minimum atomic E-state index is 0.836. The molecule has 0 N–H and O–H groups in total. The third-order valence-corrected chi connectivity index (χ3v) is 5.18. The van der Waals surface area contributed by atoms with E-state index in [1.807, 2.05) is 19.2 Å². The lowest BCUT2D eigenvalue weighted by Gasteiger charge is -2.26. The molecular formula is C19H21N3OS2. The Morgan fingerprint density at radius 2 is 1.92 bits per heavy atom. The number of nitrogens with zero attached hydrogens (tertiary/aromatic N) is 3. The Morgan fingerprint density at radius 1 is 1.16 bits per heavy atom. The first kappa shape index (κ1) is 17.9. The number of para-hydroxylation sites is 2. The SMILES string of the molecule is CCCCn1c2ccccc2c2cccc(N(C=O)N(C)SC=S)c21. The van der Waals surface area contributed by atoms with Gasteiger partial charge in [-0.05, 0) is 30.5 Å². The van der Waals surface area contributed by atoms with E-state index in [9.17, 15) is 4.79 Å². The second-order valence-electron chi connectivity index (χ2n) is 5.81. The third-order valence-electron chi connectivity index (χ3n) is 4.35. The summed E-state index contributed by atoms with van der Waals surface area (Å²) in [6, 6.07) is 14.5. The normalized spacial score (nSPS) is 11.3. The van der Waals surface area contributed by atoms with E-state index in [4.69, 9.17) is 12.2 Å². The smallest absolute Gasteiger partial charge is 0.229 e. The van der Waals surface area contributed by atoms with Gasteiger partial charge in [-0.2, -0.15) is 4.41 Å². The number of aromatic nitrogens is 1. The molecule has 1 aromatic heterocycles. The Balaban J connectivity index is 2.29. The van der Waals surface area contributed by atoms with Crippen LogP contribution in [0.25, 0.3) is 21.8 Å². The first-order valence-corrected chi connectivity index (χ1v) is 9.62. The van der Waals surface area contributed by atoms with Crippen molar-refractivity contribution in [3.05, 3.63) is 42.5 Å². The van der Waals surface area contributed by atoms with E-state index < -0.39 is 0 Å². The second kappa shape index (κ2) is 7.99. The Morgan fingerprint density at radius 3 is 2.64 bits per heavy atom. The van der Waals surface area contributed by atoms with Gasteiger partial charge in [-0.25, -0.2) is 5.01 Å². The van der Waals surface area contributed by atoms with Crippen LogP contribution in [0.3, 0.4) is 0 Å². The summed E-state index contributed by atoms with van der Waals surface area (Å²) < 4.78 is 5.62. The predicted octanol–water partition coefficient (Wildman–Crippen LogP) is 5.01. The molecule has 130 valence electrons. The van der Waals surface area contributed by atoms with Crippen molar-refractivity contribution < 1.29 is 4.79 Å². The van der Waals surface area contributed by atoms with Crippen LogP contribution in [0.5, 0.6) is 0 Å². The lowest BCUT2D eigenvalue weighted by molar-refractivity contribution is -0.108. The number of carbonyl (C=O) groups is 1. The van der Waals surface area contributed by atoms with Gasteiger partial charge < -0.3 is 4.57 Å². The van der Waals surface area contributed by atoms with Crippen LogP contribution in [0.4, 0.5) is 5.69 Å². The highest BCUT2D eigenvalue weighted by atomic mass is 32.2. The average molecular weight is 372 g/mol. The molecule has 2 aromatic carbocycles. The fraction of sp³-hybridized carbons (Fsp3) is 0.263. The van der Waals surface area contributed by atoms with Gasteiger partial charge in [0.05, 0.1) is 15.9 Å². The molecule has 1 heterocycles. The van der Waals surface area contributed by atoms with Gasteiger partial charge in [0, 0.05) is 29.9 Å². The van der Waals surface area contributed by atoms with E-state index >= 15 is 0 Å². The zero-order chi connectivity index (χ0) is 17.8. The maximum Gasteiger partial charge on any atom is 0.229 e. The highest BCUT2D eigenvalue weighted by molar-refractivity contribution is 8.19. The van der Waals surface area contributed by atoms with Crippen LogP contribution in [0, 0.1) is 0 Å². The van der Waals surface area contributed by atoms with Crippen LogP contribution in [-0.2, 0) is 11.3 Å². The zero-order valence-corrected chi connectivity index (χ0v) is 16.0. The van der Waals surface area contributed by atoms with E-state index in [2.05, 4.69) is 41.8 Å². The van der Waals surface area contributed by atoms with Crippen LogP contribution >= 0.6 is 24.2 Å². The minimum absolute atomic E-state index is 0.836. The Labute approximate surface area is 157 Å². The van der Waals surface area contributed by atoms with Crippen LogP contribution in [0.15, 0.2) is 42.5 Å². The third kappa shape index (κ3) is 3.29. The van der Waals surface area contributed by atoms with Crippen molar-refractivity contribution in [3.8, 4) is 0 Å². The van der Waals surface area contributed by atoms with E-state index in [1.54, 1.807) is 14.1 Å². The molecule has 0 aliphatic rings. The quantitative estimate of drug-likeness (QED) is 0.241. The van der Waals surface area contributed by atoms with Gasteiger partial charge in [0.1, 0.15) is 0 Å². The molecule has 0 fully saturated rings. The molecule has 0 atom stereocenters. The van der Waals surface area contributed by atoms with Crippen LogP contribution < -0.4 is 5.01 Å². The summed E-state index contributed by atoms with van der Waals surface area (Å²) in [6.45, 7) is 3.12. The fourth-order valence-electron chi connectivity index (χ4n) is 3.21. The topological polar surface area (TPSA) is 28.5 Å². The first-order valence-electron chi connectivity index (χ1n) is 8.31. The molecule has 0 radical (unpaired) electrons. The molecule has 0 saturated carbocycles. The summed E-state index contributed by atoms with van der Waals surface area (Å²) in [5.74, 6) is 0. The Kier molecular flexibility index (Phi) is 5.73. The van der Waals surface area contributed by atoms with E-state index in [0.717, 1.165) is 42.4 Å². The highest BCUT2D eigenvalue weighted by Crippen LogP contribution is 2.36. The molecule has 3 rings (SSSR count). The molecular weight excluding hydrogens is 350 g/mol. The number of fused-ring (bicyclic) bond motifs is 3. The van der Waals surface area contributed by atoms with Gasteiger partial charge in [-0.3, -0.25) is 4.79 Å². The number of hydrazine groups is 1. The summed E-state index contributed by atoms with van der Waals surface area (Å²) in [5.41, 5.74) is 3.15. The van der Waals surface area contributed by atoms with Crippen molar-refractivity contribution in [2.45, 2.75) is 26.3 Å². The number of carbonyl (C=O) groups excluding carboxylic acids is 1. The Hall–Kier alpha value is -1.89. The van der Waals surface area contributed by atoms with Crippen LogP contribution in [-0.4, -0.2) is 27.1 Å². The number of thiocarbonyl (C=S) groups is 1. The number of rotatable bonds is 8. The van der Waals surface area contributed by atoms with E-state index in [0.29, 0.717) is 0 Å². The number of unbranched alkanes of at least 4 members (excludes halogenated alkanes) is 1. The maximum absolute atomic E-state index is 11.8. The number of amides is 1. The minimum Gasteiger partial charge on any atom is -0.339 e. The summed E-state index contributed by atoms with van der Waals surface area (Å²) >= 11 is 6.23. The highest BCUT2D eigenvalue weighted by Gasteiger charge is 2.19. The molecule has 0 saturated heterocycles. The summed E-state index contributed by atoms with van der Waals surface area (Å²) in [4.78, 5) is 11.8. The monoisotopic (exact) mass is 371 g/mol. The van der Waals surface area contributed by atoms with E-state index in [-0.39, 0.29) is 0 Å². The fourth-order valence-corrected chi connectivity index (χ4v) is 3.94. The molecule has 4 nitrogen and oxygen atoms in total.